The van der Waals surface area contributed by atoms with Gasteiger partial charge in [0.2, 0.25) is 0 Å². The van der Waals surface area contributed by atoms with Crippen molar-refractivity contribution in [3.05, 3.63) is 76.3 Å². The third-order valence-corrected chi connectivity index (χ3v) is 8.43. The van der Waals surface area contributed by atoms with Gasteiger partial charge in [-0.2, -0.15) is 0 Å². The molecule has 4 heterocycles. The number of pyridine rings is 2. The molecule has 0 saturated carbocycles. The summed E-state index contributed by atoms with van der Waals surface area (Å²) < 4.78 is 7.51. The Bertz CT molecular complexity index is 1410. The van der Waals surface area contributed by atoms with Gasteiger partial charge in [-0.05, 0) is 69.2 Å². The molecule has 9 heteroatoms. The van der Waals surface area contributed by atoms with Crippen LogP contribution in [-0.2, 0) is 4.74 Å². The van der Waals surface area contributed by atoms with Crippen LogP contribution < -0.4 is 10.9 Å². The van der Waals surface area contributed by atoms with Crippen molar-refractivity contribution in [2.75, 3.05) is 27.2 Å². The molecule has 2 bridgehead atoms. The molecule has 0 spiro atoms. The molecular formula is C31H39N5O4. The smallest absolute Gasteiger partial charge is 0.264 e. The maximum absolute atomic E-state index is 13.4. The normalized spacial score (nSPS) is 21.5. The highest BCUT2D eigenvalue weighted by molar-refractivity contribution is 5.97. The summed E-state index contributed by atoms with van der Waals surface area (Å²) in [6.45, 7) is 5.13. The standard InChI is InChI=1S/C31H39N5O4/c1-20(2)36-28-8-6-5-7-22(28)15-27(31(36)39)29(37)33-23-16-24-9-10-25(17-23)35(24)19-26(40-4)18-34(3)30(38)21-11-13-32-14-12-21/h5-8,11-15,20,23-26H,9-10,16-19H2,1-4H3,(H,33,37)/t23?,24-,25+,26?. The molecule has 2 aromatic heterocycles. The van der Waals surface area contributed by atoms with Crippen molar-refractivity contribution in [1.82, 2.24) is 24.7 Å². The van der Waals surface area contributed by atoms with Gasteiger partial charge in [0.25, 0.3) is 17.4 Å². The predicted molar refractivity (Wildman–Crippen MR) is 155 cm³/mol. The summed E-state index contributed by atoms with van der Waals surface area (Å²) in [5, 5.41) is 4.08. The van der Waals surface area contributed by atoms with E-state index in [9.17, 15) is 14.4 Å². The second-order valence-electron chi connectivity index (χ2n) is 11.4. The molecule has 40 heavy (non-hydrogen) atoms. The molecule has 212 valence electrons. The van der Waals surface area contributed by atoms with Crippen molar-refractivity contribution in [3.63, 3.8) is 0 Å². The number of carbonyl (C=O) groups is 2. The van der Waals surface area contributed by atoms with Crippen molar-refractivity contribution < 1.29 is 14.3 Å². The summed E-state index contributed by atoms with van der Waals surface area (Å²) in [4.78, 5) is 47.7. The zero-order valence-corrected chi connectivity index (χ0v) is 23.7. The van der Waals surface area contributed by atoms with Crippen LogP contribution in [-0.4, -0.2) is 82.6 Å². The van der Waals surface area contributed by atoms with Gasteiger partial charge in [-0.25, -0.2) is 0 Å². The van der Waals surface area contributed by atoms with Crippen molar-refractivity contribution >= 4 is 22.7 Å². The lowest BCUT2D eigenvalue weighted by atomic mass is 9.96. The molecule has 4 atom stereocenters. The summed E-state index contributed by atoms with van der Waals surface area (Å²) >= 11 is 0. The quantitative estimate of drug-likeness (QED) is 0.442. The van der Waals surface area contributed by atoms with E-state index in [0.29, 0.717) is 24.2 Å². The highest BCUT2D eigenvalue weighted by Crippen LogP contribution is 2.36. The molecular weight excluding hydrogens is 506 g/mol. The topological polar surface area (TPSA) is 96.8 Å². The average molecular weight is 546 g/mol. The van der Waals surface area contributed by atoms with Gasteiger partial charge in [0, 0.05) is 69.4 Å². The van der Waals surface area contributed by atoms with Gasteiger partial charge in [-0.1, -0.05) is 18.2 Å². The Kier molecular flexibility index (Phi) is 8.32. The van der Waals surface area contributed by atoms with E-state index in [-0.39, 0.29) is 41.1 Å². The Hall–Kier alpha value is -3.56. The largest absolute Gasteiger partial charge is 0.378 e. The van der Waals surface area contributed by atoms with Crippen LogP contribution in [0.1, 0.15) is 66.3 Å². The molecule has 2 amide bonds. The minimum Gasteiger partial charge on any atom is -0.378 e. The Morgan fingerprint density at radius 2 is 1.77 bits per heavy atom. The van der Waals surface area contributed by atoms with E-state index in [1.54, 1.807) is 54.2 Å². The summed E-state index contributed by atoms with van der Waals surface area (Å²) in [6, 6.07) is 13.5. The number of rotatable bonds is 9. The Balaban J connectivity index is 1.23. The zero-order chi connectivity index (χ0) is 28.4. The van der Waals surface area contributed by atoms with Crippen LogP contribution in [0.15, 0.2) is 59.7 Å². The number of carbonyl (C=O) groups excluding carboxylic acids is 2. The number of nitrogens with zero attached hydrogens (tertiary/aromatic N) is 4. The summed E-state index contributed by atoms with van der Waals surface area (Å²) in [7, 11) is 3.49. The van der Waals surface area contributed by atoms with E-state index in [2.05, 4.69) is 15.2 Å². The van der Waals surface area contributed by atoms with Crippen LogP contribution in [0.2, 0.25) is 0 Å². The number of benzene rings is 1. The van der Waals surface area contributed by atoms with E-state index >= 15 is 0 Å². The number of nitrogens with one attached hydrogen (secondary N) is 1. The molecule has 2 aliphatic heterocycles. The first-order valence-corrected chi connectivity index (χ1v) is 14.2. The van der Waals surface area contributed by atoms with E-state index in [0.717, 1.165) is 43.1 Å². The van der Waals surface area contributed by atoms with Gasteiger partial charge in [0.15, 0.2) is 0 Å². The molecule has 1 aromatic carbocycles. The van der Waals surface area contributed by atoms with Gasteiger partial charge in [-0.3, -0.25) is 24.3 Å². The van der Waals surface area contributed by atoms with Crippen LogP contribution in [0.5, 0.6) is 0 Å². The number of piperidine rings is 1. The lowest BCUT2D eigenvalue weighted by Gasteiger charge is -2.41. The highest BCUT2D eigenvalue weighted by atomic mass is 16.5. The Morgan fingerprint density at radius 1 is 1.10 bits per heavy atom. The van der Waals surface area contributed by atoms with Crippen molar-refractivity contribution in [2.24, 2.45) is 0 Å². The maximum atomic E-state index is 13.4. The molecule has 2 fully saturated rings. The second-order valence-corrected chi connectivity index (χ2v) is 11.4. The van der Waals surface area contributed by atoms with E-state index in [4.69, 9.17) is 4.74 Å². The number of hydrogen-bond donors (Lipinski definition) is 1. The summed E-state index contributed by atoms with van der Waals surface area (Å²) in [5.41, 5.74) is 1.39. The van der Waals surface area contributed by atoms with Crippen LogP contribution in [0.25, 0.3) is 10.9 Å². The molecule has 2 aliphatic rings. The lowest BCUT2D eigenvalue weighted by molar-refractivity contribution is 0.0116. The van der Waals surface area contributed by atoms with Crippen LogP contribution >= 0.6 is 0 Å². The number of ether oxygens (including phenoxy) is 1. The number of methoxy groups -OCH3 is 1. The first kappa shape index (κ1) is 28.0. The highest BCUT2D eigenvalue weighted by Gasteiger charge is 2.42. The fraction of sp³-hybridized carbons (Fsp3) is 0.484. The third kappa shape index (κ3) is 5.67. The predicted octanol–water partition coefficient (Wildman–Crippen LogP) is 3.49. The second kappa shape index (κ2) is 11.9. The van der Waals surface area contributed by atoms with Crippen LogP contribution in [0, 0.1) is 0 Å². The monoisotopic (exact) mass is 545 g/mol. The Labute approximate surface area is 235 Å². The summed E-state index contributed by atoms with van der Waals surface area (Å²) in [5.74, 6) is -0.354. The SMILES string of the molecule is COC(CN(C)C(=O)c1ccncc1)CN1[C@@H]2CC[C@H]1CC(NC(=O)c1cc3ccccc3n(C(C)C)c1=O)C2. The molecule has 5 rings (SSSR count). The average Bonchev–Trinajstić information content (AvgIpc) is 3.18. The minimum atomic E-state index is -0.297. The van der Waals surface area contributed by atoms with Gasteiger partial charge >= 0.3 is 0 Å². The van der Waals surface area contributed by atoms with E-state index < -0.39 is 0 Å². The fourth-order valence-electron chi connectivity index (χ4n) is 6.46. The maximum Gasteiger partial charge on any atom is 0.264 e. The van der Waals surface area contributed by atoms with Gasteiger partial charge < -0.3 is 19.5 Å². The Morgan fingerprint density at radius 3 is 2.42 bits per heavy atom. The minimum absolute atomic E-state index is 0.0107. The zero-order valence-electron chi connectivity index (χ0n) is 23.7. The fourth-order valence-corrected chi connectivity index (χ4v) is 6.46. The van der Waals surface area contributed by atoms with Crippen molar-refractivity contribution in [1.29, 1.82) is 0 Å². The molecule has 9 nitrogen and oxygen atoms in total. The lowest BCUT2D eigenvalue weighted by Crippen LogP contribution is -2.54. The molecule has 3 aromatic rings. The molecule has 2 unspecified atom stereocenters. The molecule has 0 aliphatic carbocycles. The number of hydrogen-bond acceptors (Lipinski definition) is 6. The van der Waals surface area contributed by atoms with Gasteiger partial charge in [0.05, 0.1) is 11.6 Å². The first-order valence-electron chi connectivity index (χ1n) is 14.2. The number of amides is 2. The van der Waals surface area contributed by atoms with Gasteiger partial charge in [0.1, 0.15) is 5.56 Å². The number of likely N-dealkylation sites (N-methyl/N-ethyl adjacent to an activating group) is 1. The van der Waals surface area contributed by atoms with Crippen LogP contribution in [0.4, 0.5) is 0 Å². The number of fused-ring (bicyclic) bond motifs is 3. The number of aromatic nitrogens is 2. The molecule has 1 N–H and O–H groups in total. The molecule has 2 saturated heterocycles. The third-order valence-electron chi connectivity index (χ3n) is 8.43. The summed E-state index contributed by atoms with van der Waals surface area (Å²) in [6.07, 6.45) is 6.90. The molecule has 0 radical (unpaired) electrons. The van der Waals surface area contributed by atoms with Crippen molar-refractivity contribution in [3.8, 4) is 0 Å². The van der Waals surface area contributed by atoms with Crippen LogP contribution in [0.3, 0.4) is 0 Å². The van der Waals surface area contributed by atoms with Gasteiger partial charge in [-0.15, -0.1) is 0 Å². The first-order chi connectivity index (χ1) is 19.3. The van der Waals surface area contributed by atoms with E-state index in [1.807, 2.05) is 38.1 Å². The van der Waals surface area contributed by atoms with E-state index in [1.165, 1.54) is 0 Å². The van der Waals surface area contributed by atoms with Crippen molar-refractivity contribution in [2.45, 2.75) is 69.8 Å². The number of para-hydroxylation sites is 1.